The number of benzene rings is 1. The Bertz CT molecular complexity index is 1470. The minimum atomic E-state index is -0.412. The number of aromatic nitrogens is 3. The zero-order valence-corrected chi connectivity index (χ0v) is 25.0. The van der Waals surface area contributed by atoms with Crippen molar-refractivity contribution >= 4 is 22.5 Å². The van der Waals surface area contributed by atoms with Gasteiger partial charge in [0.05, 0.1) is 24.3 Å². The lowest BCUT2D eigenvalue weighted by molar-refractivity contribution is 0.327. The Labute approximate surface area is 244 Å². The highest BCUT2D eigenvalue weighted by molar-refractivity contribution is 5.99. The lowest BCUT2D eigenvalue weighted by Crippen LogP contribution is -2.20. The summed E-state index contributed by atoms with van der Waals surface area (Å²) in [5.74, 6) is 0.624. The number of methoxy groups -OCH3 is 1. The molecule has 0 spiro atoms. The Hall–Kier alpha value is -3.25. The van der Waals surface area contributed by atoms with Crippen LogP contribution in [-0.4, -0.2) is 46.7 Å². The Kier molecular flexibility index (Phi) is 10.0. The van der Waals surface area contributed by atoms with Crippen molar-refractivity contribution in [1.82, 2.24) is 19.5 Å². The molecule has 4 heterocycles. The first-order valence-corrected chi connectivity index (χ1v) is 15.5. The zero-order valence-electron chi connectivity index (χ0n) is 25.0. The van der Waals surface area contributed by atoms with E-state index in [-0.39, 0.29) is 5.75 Å². The summed E-state index contributed by atoms with van der Waals surface area (Å²) in [6, 6.07) is 9.34. The van der Waals surface area contributed by atoms with Crippen LogP contribution in [0.5, 0.6) is 5.75 Å². The quantitative estimate of drug-likeness (QED) is 0.236. The number of hydrogen-bond acceptors (Lipinski definition) is 4. The maximum Gasteiger partial charge on any atom is 0.167 e. The average molecular weight is 557 g/mol. The third kappa shape index (κ3) is 7.53. The van der Waals surface area contributed by atoms with E-state index in [1.165, 1.54) is 108 Å². The summed E-state index contributed by atoms with van der Waals surface area (Å²) < 4.78 is 21.3. The third-order valence-corrected chi connectivity index (χ3v) is 8.70. The topological polar surface area (TPSA) is 42.7 Å². The first kappa shape index (κ1) is 29.2. The van der Waals surface area contributed by atoms with Gasteiger partial charge in [0.2, 0.25) is 0 Å². The second-order valence-electron chi connectivity index (χ2n) is 12.0. The summed E-state index contributed by atoms with van der Waals surface area (Å²) in [6.07, 6.45) is 22.9. The van der Waals surface area contributed by atoms with Gasteiger partial charge in [-0.25, -0.2) is 8.91 Å². The van der Waals surface area contributed by atoms with Gasteiger partial charge in [-0.15, -0.1) is 0 Å². The molecule has 6 heteroatoms. The van der Waals surface area contributed by atoms with Crippen molar-refractivity contribution in [2.75, 3.05) is 27.2 Å². The molecule has 41 heavy (non-hydrogen) atoms. The number of rotatable bonds is 3. The molecule has 1 atom stereocenters. The number of allylic oxidation sites excluding steroid dienone is 1. The molecule has 0 N–H and O–H groups in total. The van der Waals surface area contributed by atoms with Crippen LogP contribution >= 0.6 is 0 Å². The predicted molar refractivity (Wildman–Crippen MR) is 168 cm³/mol. The van der Waals surface area contributed by atoms with E-state index in [9.17, 15) is 4.39 Å². The molecule has 6 rings (SSSR count). The fourth-order valence-electron chi connectivity index (χ4n) is 6.17. The highest BCUT2D eigenvalue weighted by Gasteiger charge is 2.15. The molecule has 2 aliphatic rings. The molecule has 4 aromatic rings. The van der Waals surface area contributed by atoms with E-state index in [4.69, 9.17) is 4.74 Å². The average Bonchev–Trinajstić information content (AvgIpc) is 3.34. The van der Waals surface area contributed by atoms with Gasteiger partial charge in [-0.2, -0.15) is 5.10 Å². The van der Waals surface area contributed by atoms with Crippen molar-refractivity contribution in [3.63, 3.8) is 0 Å². The number of ether oxygens (including phenoxy) is 1. The molecule has 0 radical (unpaired) electrons. The van der Waals surface area contributed by atoms with Gasteiger partial charge >= 0.3 is 0 Å². The number of halogens is 1. The van der Waals surface area contributed by atoms with E-state index in [1.54, 1.807) is 12.3 Å². The Morgan fingerprint density at radius 3 is 2.49 bits per heavy atom. The molecular weight excluding hydrogens is 511 g/mol. The van der Waals surface area contributed by atoms with Gasteiger partial charge in [-0.05, 0) is 93.9 Å². The summed E-state index contributed by atoms with van der Waals surface area (Å²) in [6.45, 7) is 4.99. The van der Waals surface area contributed by atoms with Crippen molar-refractivity contribution in [3.05, 3.63) is 65.9 Å². The first-order valence-electron chi connectivity index (χ1n) is 15.5. The van der Waals surface area contributed by atoms with Gasteiger partial charge in [0.15, 0.2) is 11.6 Å². The van der Waals surface area contributed by atoms with Crippen LogP contribution in [0.2, 0.25) is 0 Å². The van der Waals surface area contributed by atoms with Gasteiger partial charge in [0, 0.05) is 29.4 Å². The third-order valence-electron chi connectivity index (χ3n) is 8.70. The molecule has 5 nitrogen and oxygen atoms in total. The molecule has 1 saturated carbocycles. The van der Waals surface area contributed by atoms with Gasteiger partial charge in [-0.1, -0.05) is 56.7 Å². The maximum atomic E-state index is 14.1. The van der Waals surface area contributed by atoms with Crippen molar-refractivity contribution in [2.24, 2.45) is 5.92 Å². The fraction of sp³-hybridized carbons (Fsp3) is 0.486. The van der Waals surface area contributed by atoms with Crippen molar-refractivity contribution < 1.29 is 9.13 Å². The molecule has 1 aliphatic heterocycles. The number of fused-ring (bicyclic) bond motifs is 2. The molecule has 1 aromatic carbocycles. The van der Waals surface area contributed by atoms with Crippen LogP contribution in [-0.2, 0) is 0 Å². The normalized spacial score (nSPS) is 20.1. The Morgan fingerprint density at radius 2 is 1.71 bits per heavy atom. The molecule has 1 unspecified atom stereocenters. The molecule has 0 amide bonds. The lowest BCUT2D eigenvalue weighted by atomic mass is 10.0. The van der Waals surface area contributed by atoms with E-state index in [2.05, 4.69) is 53.4 Å². The molecule has 218 valence electrons. The van der Waals surface area contributed by atoms with Gasteiger partial charge in [0.25, 0.3) is 0 Å². The lowest BCUT2D eigenvalue weighted by Gasteiger charge is -2.13. The molecule has 3 aromatic heterocycles. The van der Waals surface area contributed by atoms with E-state index >= 15 is 0 Å². The highest BCUT2D eigenvalue weighted by atomic mass is 19.1. The van der Waals surface area contributed by atoms with Crippen molar-refractivity contribution in [2.45, 2.75) is 77.6 Å². The molecule has 1 aliphatic carbocycles. The van der Waals surface area contributed by atoms with Crippen LogP contribution in [0.4, 0.5) is 4.39 Å². The molecule has 0 bridgehead atoms. The predicted octanol–water partition coefficient (Wildman–Crippen LogP) is 8.95. The summed E-state index contributed by atoms with van der Waals surface area (Å²) in [5.41, 5.74) is 6.26. The second-order valence-corrected chi connectivity index (χ2v) is 12.0. The number of nitrogens with zero attached hydrogens (tertiary/aromatic N) is 4. The van der Waals surface area contributed by atoms with Crippen molar-refractivity contribution in [1.29, 1.82) is 0 Å². The first-order chi connectivity index (χ1) is 20.0. The number of pyridine rings is 2. The van der Waals surface area contributed by atoms with Crippen LogP contribution < -0.4 is 4.74 Å². The summed E-state index contributed by atoms with van der Waals surface area (Å²) >= 11 is 0. The summed E-state index contributed by atoms with van der Waals surface area (Å²) in [4.78, 5) is 6.79. The largest absolute Gasteiger partial charge is 0.494 e. The van der Waals surface area contributed by atoms with E-state index in [0.29, 0.717) is 5.52 Å². The van der Waals surface area contributed by atoms with Crippen LogP contribution in [0.25, 0.3) is 33.6 Å². The maximum absolute atomic E-state index is 14.1. The minimum absolute atomic E-state index is 0.213. The summed E-state index contributed by atoms with van der Waals surface area (Å²) in [5, 5.41) is 5.45. The number of hydrogen-bond donors (Lipinski definition) is 0. The zero-order chi connectivity index (χ0) is 28.6. The highest BCUT2D eigenvalue weighted by Crippen LogP contribution is 2.34. The van der Waals surface area contributed by atoms with E-state index < -0.39 is 5.82 Å². The smallest absolute Gasteiger partial charge is 0.167 e. The Balaban J connectivity index is 0.000000287. The minimum Gasteiger partial charge on any atom is -0.494 e. The second kappa shape index (κ2) is 14.1. The molecular formula is C35H45FN4O. The van der Waals surface area contributed by atoms with E-state index in [0.717, 1.165) is 27.9 Å². The standard InChI is InChI=1S/C26H26FN3O.C9H19N/c1-17-4-3-5-18(7-6-17)12-19-8-9-25-22(15-29-30(25)16-19)20-10-11-28-24-14-23(27)26(31-2)13-21(20)24;1-10-8-6-4-2-3-5-7-9-10/h8-17H,3-7H2,1-2H3;2-9H2,1H3/b18-12-;. The monoisotopic (exact) mass is 556 g/mol. The molecule has 2 fully saturated rings. The Morgan fingerprint density at radius 1 is 0.927 bits per heavy atom. The molecule has 1 saturated heterocycles. The van der Waals surface area contributed by atoms with Crippen LogP contribution in [0.1, 0.15) is 83.1 Å². The van der Waals surface area contributed by atoms with Crippen LogP contribution in [0, 0.1) is 11.7 Å². The summed E-state index contributed by atoms with van der Waals surface area (Å²) in [7, 11) is 3.71. The van der Waals surface area contributed by atoms with E-state index in [1.807, 2.05) is 16.8 Å². The fourth-order valence-corrected chi connectivity index (χ4v) is 6.17. The van der Waals surface area contributed by atoms with Crippen LogP contribution in [0.15, 0.2) is 54.5 Å². The van der Waals surface area contributed by atoms with Crippen LogP contribution in [0.3, 0.4) is 0 Å². The van der Waals surface area contributed by atoms with Gasteiger partial charge in [-0.3, -0.25) is 4.98 Å². The SMILES string of the molecule is CN1CCCCCCCC1.COc1cc2c(-c3cnn4cc(/C=C5/CCCC(C)CC5)ccc34)ccnc2cc1F. The van der Waals surface area contributed by atoms with Gasteiger partial charge < -0.3 is 9.64 Å². The van der Waals surface area contributed by atoms with Crippen molar-refractivity contribution in [3.8, 4) is 16.9 Å². The van der Waals surface area contributed by atoms with Gasteiger partial charge in [0.1, 0.15) is 0 Å².